The number of carboxylic acids is 1. The zero-order valence-electron chi connectivity index (χ0n) is 21.1. The summed E-state index contributed by atoms with van der Waals surface area (Å²) in [6, 6.07) is 14.6. The normalized spacial score (nSPS) is 14.1. The van der Waals surface area contributed by atoms with E-state index in [0.717, 1.165) is 42.4 Å². The molecule has 3 aromatic rings. The third-order valence-electron chi connectivity index (χ3n) is 7.50. The average Bonchev–Trinajstić information content (AvgIpc) is 3.16. The Balaban J connectivity index is 1.61. The molecule has 0 saturated heterocycles. The summed E-state index contributed by atoms with van der Waals surface area (Å²) in [6.45, 7) is 3.08. The zero-order chi connectivity index (χ0) is 25.5. The molecule has 1 N–H and O–H groups in total. The minimum Gasteiger partial charge on any atom is -0.478 e. The molecule has 6 nitrogen and oxygen atoms in total. The molecule has 0 spiro atoms. The molecule has 0 amide bonds. The van der Waals surface area contributed by atoms with Crippen molar-refractivity contribution in [3.63, 3.8) is 0 Å². The van der Waals surface area contributed by atoms with Gasteiger partial charge in [0.05, 0.1) is 17.8 Å². The van der Waals surface area contributed by atoms with Gasteiger partial charge in [0.2, 0.25) is 0 Å². The van der Waals surface area contributed by atoms with Gasteiger partial charge in [-0.2, -0.15) is 0 Å². The molecule has 190 valence electrons. The molecule has 1 aliphatic carbocycles. The number of carbonyl (C=O) groups excluding carboxylic acids is 1. The predicted octanol–water partition coefficient (Wildman–Crippen LogP) is 6.19. The standard InChI is InChI=1S/C30H36N2O4/c1-2-3-13-27-28(21-33)31(19-18-22-9-5-4-6-10-22)30(36)32(27)20-23-14-16-24(17-15-23)25-11-7-8-12-26(25)29(34)35/h7-8,11-12,14-17,21-22H,2-6,9-10,13,18-20H2,1H3,(H,34,35). The van der Waals surface area contributed by atoms with Crippen LogP contribution in [0.15, 0.2) is 53.3 Å². The fraction of sp³-hybridized carbons (Fsp3) is 0.433. The average molecular weight is 489 g/mol. The van der Waals surface area contributed by atoms with E-state index >= 15 is 0 Å². The molecule has 1 saturated carbocycles. The first-order valence-electron chi connectivity index (χ1n) is 13.2. The number of hydrogen-bond donors (Lipinski definition) is 1. The molecular weight excluding hydrogens is 452 g/mol. The summed E-state index contributed by atoms with van der Waals surface area (Å²) in [5, 5.41) is 9.52. The molecule has 0 radical (unpaired) electrons. The van der Waals surface area contributed by atoms with Crippen LogP contribution < -0.4 is 5.69 Å². The van der Waals surface area contributed by atoms with Crippen LogP contribution in [0.5, 0.6) is 0 Å². The van der Waals surface area contributed by atoms with Crippen molar-refractivity contribution in [3.8, 4) is 11.1 Å². The zero-order valence-corrected chi connectivity index (χ0v) is 21.1. The summed E-state index contributed by atoms with van der Waals surface area (Å²) in [6.07, 6.45) is 10.6. The van der Waals surface area contributed by atoms with Crippen LogP contribution in [-0.2, 0) is 19.5 Å². The number of hydrogen-bond acceptors (Lipinski definition) is 3. The third-order valence-corrected chi connectivity index (χ3v) is 7.50. The van der Waals surface area contributed by atoms with Crippen LogP contribution in [-0.4, -0.2) is 26.5 Å². The van der Waals surface area contributed by atoms with Crippen LogP contribution in [0.2, 0.25) is 0 Å². The van der Waals surface area contributed by atoms with Gasteiger partial charge in [0.1, 0.15) is 5.69 Å². The molecule has 1 aromatic heterocycles. The third kappa shape index (κ3) is 5.69. The van der Waals surface area contributed by atoms with Crippen molar-refractivity contribution in [2.45, 2.75) is 77.8 Å². The molecule has 1 fully saturated rings. The maximum absolute atomic E-state index is 13.5. The molecule has 4 rings (SSSR count). The van der Waals surface area contributed by atoms with Gasteiger partial charge < -0.3 is 5.11 Å². The summed E-state index contributed by atoms with van der Waals surface area (Å²) in [5.74, 6) is -0.327. The first kappa shape index (κ1) is 25.7. The number of carboxylic acid groups (broad SMARTS) is 1. The van der Waals surface area contributed by atoms with Gasteiger partial charge in [-0.15, -0.1) is 0 Å². The Morgan fingerprint density at radius 1 is 1.03 bits per heavy atom. The number of aromatic nitrogens is 2. The summed E-state index contributed by atoms with van der Waals surface area (Å²) in [5.41, 5.74) is 3.90. The van der Waals surface area contributed by atoms with Gasteiger partial charge in [-0.1, -0.05) is 87.9 Å². The van der Waals surface area contributed by atoms with Crippen LogP contribution in [0, 0.1) is 5.92 Å². The second-order valence-electron chi connectivity index (χ2n) is 9.91. The van der Waals surface area contributed by atoms with E-state index in [1.165, 1.54) is 32.1 Å². The van der Waals surface area contributed by atoms with Crippen LogP contribution in [0.3, 0.4) is 0 Å². The number of benzene rings is 2. The second kappa shape index (κ2) is 12.0. The Bertz CT molecular complexity index is 1250. The van der Waals surface area contributed by atoms with E-state index in [4.69, 9.17) is 0 Å². The van der Waals surface area contributed by atoms with Crippen LogP contribution >= 0.6 is 0 Å². The van der Waals surface area contributed by atoms with Crippen molar-refractivity contribution >= 4 is 12.3 Å². The molecule has 0 bridgehead atoms. The Hall–Kier alpha value is -3.41. The summed E-state index contributed by atoms with van der Waals surface area (Å²) < 4.78 is 3.46. The topological polar surface area (TPSA) is 81.3 Å². The van der Waals surface area contributed by atoms with Crippen molar-refractivity contribution in [2.24, 2.45) is 5.92 Å². The Labute approximate surface area is 212 Å². The van der Waals surface area contributed by atoms with Crippen LogP contribution in [0.25, 0.3) is 11.1 Å². The smallest absolute Gasteiger partial charge is 0.336 e. The lowest BCUT2D eigenvalue weighted by Gasteiger charge is -2.21. The molecule has 1 heterocycles. The lowest BCUT2D eigenvalue weighted by molar-refractivity contribution is 0.0697. The Kier molecular flexibility index (Phi) is 8.57. The Morgan fingerprint density at radius 3 is 2.42 bits per heavy atom. The van der Waals surface area contributed by atoms with Gasteiger partial charge in [-0.25, -0.2) is 9.59 Å². The number of unbranched alkanes of at least 4 members (excludes halogenated alkanes) is 1. The number of rotatable bonds is 11. The molecular formula is C30H36N2O4. The van der Waals surface area contributed by atoms with E-state index in [0.29, 0.717) is 36.7 Å². The summed E-state index contributed by atoms with van der Waals surface area (Å²) >= 11 is 0. The summed E-state index contributed by atoms with van der Waals surface area (Å²) in [4.78, 5) is 37.3. The van der Waals surface area contributed by atoms with Gasteiger partial charge >= 0.3 is 11.7 Å². The van der Waals surface area contributed by atoms with E-state index in [1.54, 1.807) is 27.3 Å². The minimum absolute atomic E-state index is 0.112. The highest BCUT2D eigenvalue weighted by Gasteiger charge is 2.21. The molecule has 2 aromatic carbocycles. The maximum atomic E-state index is 13.5. The second-order valence-corrected chi connectivity index (χ2v) is 9.91. The largest absolute Gasteiger partial charge is 0.478 e. The molecule has 0 atom stereocenters. The number of nitrogens with zero attached hydrogens (tertiary/aromatic N) is 2. The van der Waals surface area contributed by atoms with Gasteiger partial charge in [-0.05, 0) is 47.9 Å². The number of imidazole rings is 1. The fourth-order valence-electron chi connectivity index (χ4n) is 5.46. The molecule has 0 unspecified atom stereocenters. The molecule has 36 heavy (non-hydrogen) atoms. The van der Waals surface area contributed by atoms with E-state index in [1.807, 2.05) is 30.3 Å². The fourth-order valence-corrected chi connectivity index (χ4v) is 5.46. The first-order valence-corrected chi connectivity index (χ1v) is 13.2. The first-order chi connectivity index (χ1) is 17.5. The maximum Gasteiger partial charge on any atom is 0.336 e. The van der Waals surface area contributed by atoms with Crippen molar-refractivity contribution in [3.05, 3.63) is 81.5 Å². The highest BCUT2D eigenvalue weighted by atomic mass is 16.4. The number of aromatic carboxylic acids is 1. The number of carbonyl (C=O) groups is 2. The van der Waals surface area contributed by atoms with Crippen LogP contribution in [0.4, 0.5) is 0 Å². The van der Waals surface area contributed by atoms with Gasteiger partial charge in [-0.3, -0.25) is 13.9 Å². The Morgan fingerprint density at radius 2 is 1.75 bits per heavy atom. The van der Waals surface area contributed by atoms with E-state index in [2.05, 4.69) is 6.92 Å². The highest BCUT2D eigenvalue weighted by molar-refractivity contribution is 5.96. The van der Waals surface area contributed by atoms with Crippen LogP contribution in [0.1, 0.15) is 90.4 Å². The van der Waals surface area contributed by atoms with Crippen molar-refractivity contribution < 1.29 is 14.7 Å². The lowest BCUT2D eigenvalue weighted by Crippen LogP contribution is -2.27. The van der Waals surface area contributed by atoms with Gasteiger partial charge in [0, 0.05) is 6.54 Å². The minimum atomic E-state index is -0.960. The van der Waals surface area contributed by atoms with Crippen molar-refractivity contribution in [1.29, 1.82) is 0 Å². The highest BCUT2D eigenvalue weighted by Crippen LogP contribution is 2.27. The van der Waals surface area contributed by atoms with Crippen molar-refractivity contribution in [2.75, 3.05) is 0 Å². The van der Waals surface area contributed by atoms with Gasteiger partial charge in [0.15, 0.2) is 6.29 Å². The van der Waals surface area contributed by atoms with E-state index in [-0.39, 0.29) is 11.3 Å². The van der Waals surface area contributed by atoms with E-state index in [9.17, 15) is 19.5 Å². The van der Waals surface area contributed by atoms with E-state index < -0.39 is 5.97 Å². The van der Waals surface area contributed by atoms with Gasteiger partial charge in [0.25, 0.3) is 0 Å². The molecule has 6 heteroatoms. The number of aldehydes is 1. The lowest BCUT2D eigenvalue weighted by atomic mass is 9.87. The molecule has 1 aliphatic rings. The SMILES string of the molecule is CCCCc1c(C=O)n(CCC2CCCCC2)c(=O)n1Cc1ccc(-c2ccccc2C(=O)O)cc1. The molecule has 0 aliphatic heterocycles. The quantitative estimate of drug-likeness (QED) is 0.326. The van der Waals surface area contributed by atoms with Crippen molar-refractivity contribution in [1.82, 2.24) is 9.13 Å². The monoisotopic (exact) mass is 488 g/mol. The predicted molar refractivity (Wildman–Crippen MR) is 142 cm³/mol. The summed E-state index contributed by atoms with van der Waals surface area (Å²) in [7, 11) is 0.